The lowest BCUT2D eigenvalue weighted by Gasteiger charge is -2.32. The van der Waals surface area contributed by atoms with Crippen molar-refractivity contribution in [2.75, 3.05) is 32.1 Å². The molecule has 0 aliphatic carbocycles. The van der Waals surface area contributed by atoms with Crippen LogP contribution >= 0.6 is 0 Å². The lowest BCUT2D eigenvalue weighted by atomic mass is 10.1. The van der Waals surface area contributed by atoms with E-state index in [4.69, 9.17) is 4.74 Å². The fourth-order valence-electron chi connectivity index (χ4n) is 2.84. The fourth-order valence-corrected chi connectivity index (χ4v) is 2.84. The highest BCUT2D eigenvalue weighted by Gasteiger charge is 2.28. The van der Waals surface area contributed by atoms with Crippen molar-refractivity contribution in [2.45, 2.75) is 13.0 Å². The van der Waals surface area contributed by atoms with Crippen molar-refractivity contribution in [2.24, 2.45) is 7.05 Å². The number of hydrogen-bond acceptors (Lipinski definition) is 5. The Bertz CT molecular complexity index is 846. The van der Waals surface area contributed by atoms with Gasteiger partial charge in [0.05, 0.1) is 18.8 Å². The molecule has 0 spiro atoms. The molecule has 1 fully saturated rings. The number of rotatable bonds is 3. The van der Waals surface area contributed by atoms with Crippen LogP contribution in [-0.2, 0) is 11.8 Å². The Labute approximate surface area is 146 Å². The number of aromatic nitrogens is 2. The minimum atomic E-state index is -0.305. The minimum Gasteiger partial charge on any atom is -0.373 e. The first kappa shape index (κ1) is 17.2. The molecule has 1 aliphatic heterocycles. The molecular formula is C18H22N4O3. The molecule has 3 rings (SSSR count). The average molecular weight is 342 g/mol. The van der Waals surface area contributed by atoms with E-state index < -0.39 is 0 Å². The second-order valence-corrected chi connectivity index (χ2v) is 6.06. The van der Waals surface area contributed by atoms with Gasteiger partial charge in [-0.3, -0.25) is 9.59 Å². The summed E-state index contributed by atoms with van der Waals surface area (Å²) in [5.74, 6) is 0.482. The number of morpholine rings is 1. The number of carbonyl (C=O) groups is 1. The maximum absolute atomic E-state index is 12.8. The van der Waals surface area contributed by atoms with Crippen molar-refractivity contribution in [3.05, 3.63) is 57.6 Å². The van der Waals surface area contributed by atoms with Crippen LogP contribution in [-0.4, -0.2) is 47.1 Å². The number of nitrogens with one attached hydrogen (secondary N) is 1. The average Bonchev–Trinajstić information content (AvgIpc) is 2.66. The molecule has 3 heterocycles. The Morgan fingerprint density at radius 3 is 2.88 bits per heavy atom. The van der Waals surface area contributed by atoms with E-state index in [2.05, 4.69) is 10.3 Å². The number of nitrogens with zero attached hydrogens (tertiary/aromatic N) is 3. The van der Waals surface area contributed by atoms with Crippen molar-refractivity contribution in [1.29, 1.82) is 0 Å². The zero-order valence-corrected chi connectivity index (χ0v) is 14.7. The quantitative estimate of drug-likeness (QED) is 0.911. The second kappa shape index (κ2) is 7.06. The van der Waals surface area contributed by atoms with Crippen LogP contribution in [0.25, 0.3) is 0 Å². The van der Waals surface area contributed by atoms with E-state index in [1.807, 2.05) is 25.1 Å². The predicted molar refractivity (Wildman–Crippen MR) is 94.8 cm³/mol. The van der Waals surface area contributed by atoms with E-state index in [0.29, 0.717) is 19.7 Å². The summed E-state index contributed by atoms with van der Waals surface area (Å²) in [6.07, 6.45) is -0.305. The van der Waals surface area contributed by atoms with Gasteiger partial charge in [-0.25, -0.2) is 4.98 Å². The van der Waals surface area contributed by atoms with Crippen LogP contribution < -0.4 is 10.9 Å². The molecule has 2 aromatic heterocycles. The van der Waals surface area contributed by atoms with Gasteiger partial charge in [-0.05, 0) is 31.2 Å². The van der Waals surface area contributed by atoms with E-state index >= 15 is 0 Å². The molecule has 2 aromatic rings. The number of carbonyl (C=O) groups excluding carboxylic acids is 1. The first-order valence-electron chi connectivity index (χ1n) is 8.23. The molecule has 1 saturated heterocycles. The molecule has 0 saturated carbocycles. The lowest BCUT2D eigenvalue weighted by Crippen LogP contribution is -2.44. The van der Waals surface area contributed by atoms with Gasteiger partial charge in [-0.2, -0.15) is 0 Å². The molecule has 1 atom stereocenters. The number of aryl methyl sites for hydroxylation is 1. The highest BCUT2D eigenvalue weighted by molar-refractivity contribution is 5.94. The van der Waals surface area contributed by atoms with Crippen molar-refractivity contribution >= 4 is 11.7 Å². The van der Waals surface area contributed by atoms with Gasteiger partial charge in [0.25, 0.3) is 11.5 Å². The normalized spacial score (nSPS) is 17.4. The molecule has 0 unspecified atom stereocenters. The van der Waals surface area contributed by atoms with Gasteiger partial charge >= 0.3 is 0 Å². The standard InChI is InChI=1S/C18H22N4O3/c1-12-7-8-13(17(23)21(12)3)18(24)22-9-10-25-15(11-22)14-5-4-6-16(19-2)20-14/h4-8,15H,9-11H2,1-3H3,(H,19,20)/t15-/m0/s1. The summed E-state index contributed by atoms with van der Waals surface area (Å²) >= 11 is 0. The van der Waals surface area contributed by atoms with E-state index in [0.717, 1.165) is 17.2 Å². The third kappa shape index (κ3) is 3.41. The van der Waals surface area contributed by atoms with Gasteiger partial charge in [0, 0.05) is 26.3 Å². The molecule has 1 amide bonds. The SMILES string of the molecule is CNc1cccc([C@@H]2CN(C(=O)c3ccc(C)n(C)c3=O)CCO2)n1. The first-order valence-corrected chi connectivity index (χ1v) is 8.23. The molecule has 1 aliphatic rings. The van der Waals surface area contributed by atoms with Crippen LogP contribution in [0.3, 0.4) is 0 Å². The van der Waals surface area contributed by atoms with E-state index in [-0.39, 0.29) is 23.1 Å². The number of hydrogen-bond donors (Lipinski definition) is 1. The molecule has 25 heavy (non-hydrogen) atoms. The smallest absolute Gasteiger partial charge is 0.263 e. The van der Waals surface area contributed by atoms with Gasteiger partial charge in [-0.15, -0.1) is 0 Å². The molecule has 0 bridgehead atoms. The zero-order valence-electron chi connectivity index (χ0n) is 14.7. The topological polar surface area (TPSA) is 76.5 Å². The molecule has 132 valence electrons. The van der Waals surface area contributed by atoms with Crippen molar-refractivity contribution in [3.63, 3.8) is 0 Å². The molecule has 0 aromatic carbocycles. The van der Waals surface area contributed by atoms with Crippen molar-refractivity contribution < 1.29 is 9.53 Å². The van der Waals surface area contributed by atoms with E-state index in [1.54, 1.807) is 31.1 Å². The molecule has 7 heteroatoms. The van der Waals surface area contributed by atoms with E-state index in [9.17, 15) is 9.59 Å². The molecule has 7 nitrogen and oxygen atoms in total. The molecule has 0 radical (unpaired) electrons. The number of ether oxygens (including phenoxy) is 1. The Balaban J connectivity index is 1.82. The van der Waals surface area contributed by atoms with Gasteiger partial charge in [-0.1, -0.05) is 6.07 Å². The molecule has 1 N–H and O–H groups in total. The summed E-state index contributed by atoms with van der Waals surface area (Å²) in [6.45, 7) is 3.07. The van der Waals surface area contributed by atoms with E-state index in [1.165, 1.54) is 4.57 Å². The predicted octanol–water partition coefficient (Wildman–Crippen LogP) is 1.34. The van der Waals surface area contributed by atoms with Crippen molar-refractivity contribution in [3.8, 4) is 0 Å². The fraction of sp³-hybridized carbons (Fsp3) is 0.389. The Hall–Kier alpha value is -2.67. The maximum Gasteiger partial charge on any atom is 0.263 e. The zero-order chi connectivity index (χ0) is 18.0. The maximum atomic E-state index is 12.8. The third-order valence-corrected chi connectivity index (χ3v) is 4.50. The van der Waals surface area contributed by atoms with Crippen LogP contribution in [0.2, 0.25) is 0 Å². The summed E-state index contributed by atoms with van der Waals surface area (Å²) in [7, 11) is 3.47. The van der Waals surface area contributed by atoms with Crippen LogP contribution in [0, 0.1) is 6.92 Å². The monoisotopic (exact) mass is 342 g/mol. The van der Waals surface area contributed by atoms with Gasteiger partial charge in [0.2, 0.25) is 0 Å². The summed E-state index contributed by atoms with van der Waals surface area (Å²) in [5.41, 5.74) is 1.49. The lowest BCUT2D eigenvalue weighted by molar-refractivity contribution is -0.0247. The number of anilines is 1. The number of pyridine rings is 2. The van der Waals surface area contributed by atoms with Crippen LogP contribution in [0.4, 0.5) is 5.82 Å². The molecular weight excluding hydrogens is 320 g/mol. The second-order valence-electron chi connectivity index (χ2n) is 6.06. The Morgan fingerprint density at radius 1 is 1.32 bits per heavy atom. The highest BCUT2D eigenvalue weighted by atomic mass is 16.5. The summed E-state index contributed by atoms with van der Waals surface area (Å²) in [4.78, 5) is 31.3. The van der Waals surface area contributed by atoms with Crippen LogP contribution in [0.5, 0.6) is 0 Å². The summed E-state index contributed by atoms with van der Waals surface area (Å²) in [5, 5.41) is 2.99. The Morgan fingerprint density at radius 2 is 2.12 bits per heavy atom. The Kier molecular flexibility index (Phi) is 4.85. The largest absolute Gasteiger partial charge is 0.373 e. The number of amides is 1. The van der Waals surface area contributed by atoms with Crippen molar-refractivity contribution in [1.82, 2.24) is 14.5 Å². The third-order valence-electron chi connectivity index (χ3n) is 4.50. The van der Waals surface area contributed by atoms with Gasteiger partial charge in [0.15, 0.2) is 0 Å². The highest BCUT2D eigenvalue weighted by Crippen LogP contribution is 2.22. The summed E-state index contributed by atoms with van der Waals surface area (Å²) in [6, 6.07) is 9.03. The summed E-state index contributed by atoms with van der Waals surface area (Å²) < 4.78 is 7.27. The van der Waals surface area contributed by atoms with Crippen LogP contribution in [0.15, 0.2) is 35.1 Å². The van der Waals surface area contributed by atoms with Crippen LogP contribution in [0.1, 0.15) is 27.8 Å². The minimum absolute atomic E-state index is 0.186. The first-order chi connectivity index (χ1) is 12.0. The van der Waals surface area contributed by atoms with Gasteiger partial charge < -0.3 is 19.5 Å². The van der Waals surface area contributed by atoms with Gasteiger partial charge in [0.1, 0.15) is 17.5 Å².